The van der Waals surface area contributed by atoms with Gasteiger partial charge in [0.1, 0.15) is 5.82 Å². The number of rotatable bonds is 4. The van der Waals surface area contributed by atoms with Crippen LogP contribution in [0, 0.1) is 17.5 Å². The van der Waals surface area contributed by atoms with Gasteiger partial charge in [-0.2, -0.15) is 0 Å². The Morgan fingerprint density at radius 2 is 1.66 bits per heavy atom. The zero-order valence-electron chi connectivity index (χ0n) is 15.6. The topological polar surface area (TPSA) is 84.2 Å². The summed E-state index contributed by atoms with van der Waals surface area (Å²) in [6.07, 6.45) is 2.00. The van der Waals surface area contributed by atoms with Gasteiger partial charge in [-0.15, -0.1) is 0 Å². The van der Waals surface area contributed by atoms with Gasteiger partial charge in [-0.3, -0.25) is 9.59 Å². The van der Waals surface area contributed by atoms with Crippen molar-refractivity contribution in [3.8, 4) is 0 Å². The molecule has 0 bridgehead atoms. The van der Waals surface area contributed by atoms with Crippen LogP contribution < -0.4 is 16.4 Å². The highest BCUT2D eigenvalue weighted by atomic mass is 19.2. The predicted octanol–water partition coefficient (Wildman–Crippen LogP) is 3.83. The molecule has 152 valence electrons. The van der Waals surface area contributed by atoms with Crippen molar-refractivity contribution in [1.29, 1.82) is 0 Å². The van der Waals surface area contributed by atoms with Crippen molar-refractivity contribution in [2.24, 2.45) is 5.73 Å². The summed E-state index contributed by atoms with van der Waals surface area (Å²) in [5, 5.41) is 5.36. The first-order valence-corrected chi connectivity index (χ1v) is 9.02. The molecular weight excluding hydrogens is 383 g/mol. The van der Waals surface area contributed by atoms with E-state index in [0.717, 1.165) is 6.07 Å². The maximum absolute atomic E-state index is 14.1. The molecule has 3 rings (SSSR count). The maximum atomic E-state index is 14.1. The van der Waals surface area contributed by atoms with Crippen LogP contribution in [0.5, 0.6) is 0 Å². The Morgan fingerprint density at radius 1 is 1.00 bits per heavy atom. The van der Waals surface area contributed by atoms with Crippen molar-refractivity contribution >= 4 is 23.2 Å². The van der Waals surface area contributed by atoms with Gasteiger partial charge in [0.25, 0.3) is 5.91 Å². The number of carbonyl (C=O) groups excluding carboxylic acids is 2. The second-order valence-electron chi connectivity index (χ2n) is 6.94. The van der Waals surface area contributed by atoms with Gasteiger partial charge >= 0.3 is 0 Å². The Kier molecular flexibility index (Phi) is 6.03. The second kappa shape index (κ2) is 8.48. The van der Waals surface area contributed by atoms with E-state index in [-0.39, 0.29) is 30.2 Å². The van der Waals surface area contributed by atoms with Crippen LogP contribution in [0.2, 0.25) is 0 Å². The van der Waals surface area contributed by atoms with Crippen LogP contribution in [-0.2, 0) is 9.59 Å². The van der Waals surface area contributed by atoms with Crippen molar-refractivity contribution in [2.75, 3.05) is 10.6 Å². The summed E-state index contributed by atoms with van der Waals surface area (Å²) in [5.74, 6) is -4.42. The Balaban J connectivity index is 1.73. The van der Waals surface area contributed by atoms with Crippen LogP contribution in [0.4, 0.5) is 24.5 Å². The van der Waals surface area contributed by atoms with Crippen LogP contribution >= 0.6 is 0 Å². The highest BCUT2D eigenvalue weighted by Crippen LogP contribution is 2.34. The summed E-state index contributed by atoms with van der Waals surface area (Å²) >= 11 is 0. The van der Waals surface area contributed by atoms with Crippen molar-refractivity contribution in [1.82, 2.24) is 0 Å². The number of anilines is 2. The molecule has 0 aromatic heterocycles. The van der Waals surface area contributed by atoms with Crippen LogP contribution in [0.25, 0.3) is 0 Å². The number of hydrogen-bond donors (Lipinski definition) is 3. The summed E-state index contributed by atoms with van der Waals surface area (Å²) in [7, 11) is 0. The number of halogens is 3. The van der Waals surface area contributed by atoms with E-state index in [4.69, 9.17) is 5.73 Å². The minimum atomic E-state index is -1.26. The lowest BCUT2D eigenvalue weighted by Crippen LogP contribution is -2.34. The van der Waals surface area contributed by atoms with Gasteiger partial charge < -0.3 is 16.4 Å². The third-order valence-corrected chi connectivity index (χ3v) is 4.76. The average Bonchev–Trinajstić information content (AvgIpc) is 2.64. The van der Waals surface area contributed by atoms with Crippen LogP contribution in [0.3, 0.4) is 0 Å². The highest BCUT2D eigenvalue weighted by molar-refractivity contribution is 6.04. The summed E-state index contributed by atoms with van der Waals surface area (Å²) in [6.45, 7) is 1.38. The molecule has 0 saturated heterocycles. The van der Waals surface area contributed by atoms with Gasteiger partial charge in [0, 0.05) is 41.9 Å². The summed E-state index contributed by atoms with van der Waals surface area (Å²) in [6, 6.07) is 7.35. The molecule has 0 aliphatic heterocycles. The van der Waals surface area contributed by atoms with Crippen LogP contribution in [0.1, 0.15) is 31.2 Å². The standard InChI is InChI=1S/C21H20F3N3O2/c1-11(28)26-13-3-2-4-14(8-13)27-21(29)12-5-6-15(20(25)7-12)16-9-18(23)19(24)10-17(16)22/h2-5,8-10,15,20H,6-7,25H2,1H3,(H,26,28)(H,27,29)/t15-,20+/m1/s1. The van der Waals surface area contributed by atoms with Crippen LogP contribution in [0.15, 0.2) is 48.0 Å². The SMILES string of the molecule is CC(=O)Nc1cccc(NC(=O)C2=CC[C@H](c3cc(F)c(F)cc3F)[C@@H](N)C2)c1. The zero-order chi connectivity index (χ0) is 21.1. The van der Waals surface area contributed by atoms with Gasteiger partial charge in [0.05, 0.1) is 0 Å². The lowest BCUT2D eigenvalue weighted by Gasteiger charge is -2.29. The fraction of sp³-hybridized carbons (Fsp3) is 0.238. The van der Waals surface area contributed by atoms with E-state index in [0.29, 0.717) is 23.0 Å². The number of hydrogen-bond acceptors (Lipinski definition) is 3. The Hall–Kier alpha value is -3.13. The molecule has 0 spiro atoms. The minimum absolute atomic E-state index is 0.00452. The maximum Gasteiger partial charge on any atom is 0.251 e. The number of benzene rings is 2. The smallest absolute Gasteiger partial charge is 0.251 e. The van der Waals surface area contributed by atoms with Crippen molar-refractivity contribution in [3.05, 3.63) is 71.1 Å². The van der Waals surface area contributed by atoms with E-state index in [1.165, 1.54) is 6.92 Å². The summed E-state index contributed by atoms with van der Waals surface area (Å²) in [5.41, 5.74) is 7.56. The van der Waals surface area contributed by atoms with Crippen molar-refractivity contribution < 1.29 is 22.8 Å². The molecule has 1 aliphatic rings. The molecule has 2 atom stereocenters. The molecule has 0 heterocycles. The van der Waals surface area contributed by atoms with E-state index in [2.05, 4.69) is 10.6 Å². The van der Waals surface area contributed by atoms with E-state index < -0.39 is 29.4 Å². The number of nitrogens with two attached hydrogens (primary N) is 1. The van der Waals surface area contributed by atoms with E-state index in [1.807, 2.05) is 0 Å². The molecule has 8 heteroatoms. The van der Waals surface area contributed by atoms with Crippen molar-refractivity contribution in [2.45, 2.75) is 31.7 Å². The monoisotopic (exact) mass is 403 g/mol. The number of nitrogens with one attached hydrogen (secondary N) is 2. The quantitative estimate of drug-likeness (QED) is 0.679. The lowest BCUT2D eigenvalue weighted by atomic mass is 9.80. The van der Waals surface area contributed by atoms with Gasteiger partial charge in [-0.1, -0.05) is 12.1 Å². The third kappa shape index (κ3) is 4.83. The fourth-order valence-corrected chi connectivity index (χ4v) is 3.38. The van der Waals surface area contributed by atoms with E-state index >= 15 is 0 Å². The predicted molar refractivity (Wildman–Crippen MR) is 104 cm³/mol. The lowest BCUT2D eigenvalue weighted by molar-refractivity contribution is -0.114. The van der Waals surface area contributed by atoms with Gasteiger partial charge in [-0.05, 0) is 42.7 Å². The van der Waals surface area contributed by atoms with Gasteiger partial charge in [-0.25, -0.2) is 13.2 Å². The third-order valence-electron chi connectivity index (χ3n) is 4.76. The van der Waals surface area contributed by atoms with Gasteiger partial charge in [0.15, 0.2) is 11.6 Å². The van der Waals surface area contributed by atoms with Gasteiger partial charge in [0.2, 0.25) is 5.91 Å². The molecule has 29 heavy (non-hydrogen) atoms. The minimum Gasteiger partial charge on any atom is -0.327 e. The molecule has 0 saturated carbocycles. The molecule has 2 aromatic carbocycles. The molecule has 2 amide bonds. The summed E-state index contributed by atoms with van der Waals surface area (Å²) in [4.78, 5) is 23.7. The molecular formula is C21H20F3N3O2. The molecule has 5 nitrogen and oxygen atoms in total. The molecule has 2 aromatic rings. The first kappa shape index (κ1) is 20.6. The molecule has 4 N–H and O–H groups in total. The zero-order valence-corrected chi connectivity index (χ0v) is 15.6. The Labute approximate surface area is 165 Å². The first-order chi connectivity index (χ1) is 13.7. The number of amides is 2. The van der Waals surface area contributed by atoms with Crippen LogP contribution in [-0.4, -0.2) is 17.9 Å². The first-order valence-electron chi connectivity index (χ1n) is 9.02. The second-order valence-corrected chi connectivity index (χ2v) is 6.94. The highest BCUT2D eigenvalue weighted by Gasteiger charge is 2.29. The normalized spacial score (nSPS) is 18.7. The van der Waals surface area contributed by atoms with Crippen molar-refractivity contribution in [3.63, 3.8) is 0 Å². The number of allylic oxidation sites excluding steroid dienone is 1. The average molecular weight is 403 g/mol. The molecule has 0 unspecified atom stereocenters. The largest absolute Gasteiger partial charge is 0.327 e. The summed E-state index contributed by atoms with van der Waals surface area (Å²) < 4.78 is 40.7. The Bertz CT molecular complexity index is 991. The fourth-order valence-electron chi connectivity index (χ4n) is 3.38. The van der Waals surface area contributed by atoms with E-state index in [1.54, 1.807) is 30.3 Å². The molecule has 1 aliphatic carbocycles. The molecule has 0 fully saturated rings. The Morgan fingerprint density at radius 3 is 2.31 bits per heavy atom. The number of carbonyl (C=O) groups is 2. The molecule has 0 radical (unpaired) electrons. The van der Waals surface area contributed by atoms with E-state index in [9.17, 15) is 22.8 Å².